The topological polar surface area (TPSA) is 81.9 Å². The minimum atomic E-state index is -0.599. The van der Waals surface area contributed by atoms with Crippen LogP contribution < -0.4 is 5.73 Å². The van der Waals surface area contributed by atoms with E-state index in [-0.39, 0.29) is 24.0 Å². The van der Waals surface area contributed by atoms with Gasteiger partial charge in [-0.25, -0.2) is 9.59 Å². The van der Waals surface area contributed by atoms with Gasteiger partial charge < -0.3 is 15.2 Å². The molecular weight excluding hydrogens is 260 g/mol. The van der Waals surface area contributed by atoms with E-state index in [0.29, 0.717) is 6.61 Å². The summed E-state index contributed by atoms with van der Waals surface area (Å²) in [6.45, 7) is 7.48. The number of piperidine rings is 1. The Morgan fingerprint density at radius 3 is 2.50 bits per heavy atom. The Labute approximate surface area is 119 Å². The van der Waals surface area contributed by atoms with E-state index in [9.17, 15) is 9.59 Å². The van der Waals surface area contributed by atoms with Gasteiger partial charge in [0.25, 0.3) is 0 Å². The van der Waals surface area contributed by atoms with Crippen molar-refractivity contribution in [3.8, 4) is 0 Å². The molecule has 2 bridgehead atoms. The van der Waals surface area contributed by atoms with Crippen LogP contribution in [0.4, 0.5) is 4.79 Å². The van der Waals surface area contributed by atoms with Gasteiger partial charge in [-0.3, -0.25) is 4.90 Å². The molecule has 1 aliphatic heterocycles. The second-order valence-corrected chi connectivity index (χ2v) is 6.54. The standard InChI is InChI=1S/C14H24N2O4/c1-5-19-12(17)11-9-6-8(7-10(9)15)16(11)13(18)20-14(2,3)4/h8-11H,5-7,15H2,1-4H3/t8?,9?,10-,11+/m1/s1. The van der Waals surface area contributed by atoms with Gasteiger partial charge in [0.05, 0.1) is 6.61 Å². The first-order valence-electron chi connectivity index (χ1n) is 7.18. The van der Waals surface area contributed by atoms with E-state index in [0.717, 1.165) is 12.8 Å². The van der Waals surface area contributed by atoms with Gasteiger partial charge in [-0.2, -0.15) is 0 Å². The molecule has 1 aliphatic carbocycles. The summed E-state index contributed by atoms with van der Waals surface area (Å²) in [4.78, 5) is 26.0. The molecule has 0 aromatic rings. The second-order valence-electron chi connectivity index (χ2n) is 6.54. The smallest absolute Gasteiger partial charge is 0.411 e. The average Bonchev–Trinajstić information content (AvgIpc) is 2.82. The molecule has 1 saturated heterocycles. The van der Waals surface area contributed by atoms with Crippen LogP contribution in [0.15, 0.2) is 0 Å². The Balaban J connectivity index is 2.17. The van der Waals surface area contributed by atoms with Crippen LogP contribution in [0, 0.1) is 5.92 Å². The van der Waals surface area contributed by atoms with E-state index in [2.05, 4.69) is 0 Å². The van der Waals surface area contributed by atoms with Gasteiger partial charge in [-0.15, -0.1) is 0 Å². The van der Waals surface area contributed by atoms with Crippen molar-refractivity contribution in [1.82, 2.24) is 4.90 Å². The van der Waals surface area contributed by atoms with E-state index < -0.39 is 17.7 Å². The predicted molar refractivity (Wildman–Crippen MR) is 73.0 cm³/mol. The number of hydrogen-bond acceptors (Lipinski definition) is 5. The molecule has 2 N–H and O–H groups in total. The molecule has 20 heavy (non-hydrogen) atoms. The highest BCUT2D eigenvalue weighted by Crippen LogP contribution is 2.42. The number of amides is 1. The number of ether oxygens (including phenoxy) is 2. The summed E-state index contributed by atoms with van der Waals surface area (Å²) in [5.74, 6) is -0.396. The van der Waals surface area contributed by atoms with Crippen LogP contribution in [-0.2, 0) is 14.3 Å². The van der Waals surface area contributed by atoms with Gasteiger partial charge in [0.1, 0.15) is 11.6 Å². The van der Waals surface area contributed by atoms with E-state index in [1.165, 1.54) is 4.90 Å². The molecule has 0 aromatic carbocycles. The quantitative estimate of drug-likeness (QED) is 0.772. The SMILES string of the molecule is CCOC(=O)[C@@H]1C2CC(C[C@H]2N)N1C(=O)OC(C)(C)C. The molecule has 0 aromatic heterocycles. The average molecular weight is 284 g/mol. The van der Waals surface area contributed by atoms with Crippen LogP contribution in [0.1, 0.15) is 40.5 Å². The molecule has 2 rings (SSSR count). The van der Waals surface area contributed by atoms with Crippen LogP contribution in [0.2, 0.25) is 0 Å². The first-order chi connectivity index (χ1) is 9.24. The summed E-state index contributed by atoms with van der Waals surface area (Å²) < 4.78 is 10.5. The Morgan fingerprint density at radius 1 is 1.30 bits per heavy atom. The summed E-state index contributed by atoms with van der Waals surface area (Å²) in [5, 5.41) is 0. The lowest BCUT2D eigenvalue weighted by molar-refractivity contribution is -0.151. The number of carbonyl (C=O) groups is 2. The molecule has 1 heterocycles. The molecule has 2 fully saturated rings. The number of fused-ring (bicyclic) bond motifs is 2. The Hall–Kier alpha value is -1.30. The van der Waals surface area contributed by atoms with Crippen LogP contribution in [0.3, 0.4) is 0 Å². The zero-order valence-corrected chi connectivity index (χ0v) is 12.6. The third kappa shape index (κ3) is 2.75. The third-order valence-electron chi connectivity index (χ3n) is 3.87. The second kappa shape index (κ2) is 5.24. The number of likely N-dealkylation sites (tertiary alicyclic amines) is 1. The van der Waals surface area contributed by atoms with E-state index >= 15 is 0 Å². The molecule has 1 amide bonds. The van der Waals surface area contributed by atoms with Gasteiger partial charge in [0.15, 0.2) is 0 Å². The van der Waals surface area contributed by atoms with Gasteiger partial charge in [-0.05, 0) is 40.5 Å². The number of nitrogens with zero attached hydrogens (tertiary/aromatic N) is 1. The minimum absolute atomic E-state index is 0.0146. The summed E-state index contributed by atoms with van der Waals surface area (Å²) in [5.41, 5.74) is 5.46. The van der Waals surface area contributed by atoms with Crippen molar-refractivity contribution in [2.75, 3.05) is 6.61 Å². The number of rotatable bonds is 2. The summed E-state index contributed by atoms with van der Waals surface area (Å²) in [6, 6.07) is -0.661. The number of nitrogens with two attached hydrogens (primary N) is 1. The molecule has 0 spiro atoms. The van der Waals surface area contributed by atoms with E-state index in [1.807, 2.05) is 20.8 Å². The van der Waals surface area contributed by atoms with Gasteiger partial charge in [-0.1, -0.05) is 0 Å². The molecule has 2 aliphatic rings. The molecule has 4 atom stereocenters. The van der Waals surface area contributed by atoms with Gasteiger partial charge >= 0.3 is 12.1 Å². The maximum atomic E-state index is 12.3. The van der Waals surface area contributed by atoms with Crippen molar-refractivity contribution in [3.05, 3.63) is 0 Å². The van der Waals surface area contributed by atoms with Crippen molar-refractivity contribution >= 4 is 12.1 Å². The minimum Gasteiger partial charge on any atom is -0.464 e. The number of carbonyl (C=O) groups excluding carboxylic acids is 2. The fourth-order valence-electron chi connectivity index (χ4n) is 3.19. The van der Waals surface area contributed by atoms with Crippen LogP contribution >= 0.6 is 0 Å². The lowest BCUT2D eigenvalue weighted by atomic mass is 9.94. The van der Waals surface area contributed by atoms with Crippen molar-refractivity contribution in [2.45, 2.75) is 64.3 Å². The number of esters is 1. The predicted octanol–water partition coefficient (Wildman–Crippen LogP) is 1.27. The normalized spacial score (nSPS) is 32.4. The Bertz CT molecular complexity index is 404. The summed E-state index contributed by atoms with van der Waals surface area (Å²) in [6.07, 6.45) is 1.03. The van der Waals surface area contributed by atoms with E-state index in [4.69, 9.17) is 15.2 Å². The maximum Gasteiger partial charge on any atom is 0.411 e. The Morgan fingerprint density at radius 2 is 1.95 bits per heavy atom. The van der Waals surface area contributed by atoms with Gasteiger partial charge in [0, 0.05) is 18.0 Å². The Kier molecular flexibility index (Phi) is 3.95. The number of hydrogen-bond donors (Lipinski definition) is 1. The molecule has 1 saturated carbocycles. The van der Waals surface area contributed by atoms with Gasteiger partial charge in [0.2, 0.25) is 0 Å². The van der Waals surface area contributed by atoms with Crippen molar-refractivity contribution in [3.63, 3.8) is 0 Å². The first kappa shape index (κ1) is 15.1. The summed E-state index contributed by atoms with van der Waals surface area (Å²) in [7, 11) is 0. The highest BCUT2D eigenvalue weighted by atomic mass is 16.6. The van der Waals surface area contributed by atoms with Crippen molar-refractivity contribution in [1.29, 1.82) is 0 Å². The fourth-order valence-corrected chi connectivity index (χ4v) is 3.19. The highest BCUT2D eigenvalue weighted by Gasteiger charge is 2.56. The molecular formula is C14H24N2O4. The van der Waals surface area contributed by atoms with E-state index in [1.54, 1.807) is 6.92 Å². The third-order valence-corrected chi connectivity index (χ3v) is 3.87. The lowest BCUT2D eigenvalue weighted by Crippen LogP contribution is -2.55. The maximum absolute atomic E-state index is 12.3. The molecule has 6 heteroatoms. The lowest BCUT2D eigenvalue weighted by Gasteiger charge is -2.37. The molecule has 0 radical (unpaired) electrons. The molecule has 114 valence electrons. The largest absolute Gasteiger partial charge is 0.464 e. The monoisotopic (exact) mass is 284 g/mol. The highest BCUT2D eigenvalue weighted by molar-refractivity contribution is 5.83. The molecule has 2 unspecified atom stereocenters. The first-order valence-corrected chi connectivity index (χ1v) is 7.18. The van der Waals surface area contributed by atoms with Crippen LogP contribution in [-0.4, -0.2) is 47.3 Å². The van der Waals surface area contributed by atoms with Crippen molar-refractivity contribution < 1.29 is 19.1 Å². The van der Waals surface area contributed by atoms with Crippen LogP contribution in [0.25, 0.3) is 0 Å². The zero-order valence-electron chi connectivity index (χ0n) is 12.6. The summed E-state index contributed by atoms with van der Waals surface area (Å²) >= 11 is 0. The van der Waals surface area contributed by atoms with Crippen LogP contribution in [0.5, 0.6) is 0 Å². The zero-order chi connectivity index (χ0) is 15.1. The molecule has 6 nitrogen and oxygen atoms in total. The fraction of sp³-hybridized carbons (Fsp3) is 0.857. The van der Waals surface area contributed by atoms with Crippen molar-refractivity contribution in [2.24, 2.45) is 11.7 Å².